The van der Waals surface area contributed by atoms with Crippen LogP contribution in [0.25, 0.3) is 0 Å². The highest BCUT2D eigenvalue weighted by Crippen LogP contribution is 2.22. The van der Waals surface area contributed by atoms with Gasteiger partial charge in [-0.1, -0.05) is 12.1 Å². The van der Waals surface area contributed by atoms with Gasteiger partial charge in [0.05, 0.1) is 12.5 Å². The van der Waals surface area contributed by atoms with E-state index in [1.165, 1.54) is 18.3 Å². The second-order valence-corrected chi connectivity index (χ2v) is 5.78. The lowest BCUT2D eigenvalue weighted by Crippen LogP contribution is -2.42. The minimum atomic E-state index is -1.08. The highest BCUT2D eigenvalue weighted by Gasteiger charge is 2.23. The number of aliphatic carboxylic acids is 1. The van der Waals surface area contributed by atoms with Crippen LogP contribution < -0.4 is 10.6 Å². The Kier molecular flexibility index (Phi) is 7.31. The molecule has 1 rings (SSSR count). The van der Waals surface area contributed by atoms with Crippen LogP contribution >= 0.6 is 11.3 Å². The van der Waals surface area contributed by atoms with Gasteiger partial charge in [0.15, 0.2) is 0 Å². The van der Waals surface area contributed by atoms with Crippen LogP contribution in [-0.4, -0.2) is 28.9 Å². The normalized spacial score (nSPS) is 13.0. The quantitative estimate of drug-likeness (QED) is 0.604. The molecule has 0 aliphatic heterocycles. The zero-order valence-electron chi connectivity index (χ0n) is 12.4. The fourth-order valence-corrected chi connectivity index (χ4v) is 2.72. The summed E-state index contributed by atoms with van der Waals surface area (Å²) in [5, 5.41) is 16.1. The van der Waals surface area contributed by atoms with Gasteiger partial charge in [-0.05, 0) is 24.3 Å². The van der Waals surface area contributed by atoms with Crippen molar-refractivity contribution >= 4 is 29.1 Å². The van der Waals surface area contributed by atoms with Crippen LogP contribution in [-0.2, 0) is 14.4 Å². The van der Waals surface area contributed by atoms with E-state index < -0.39 is 24.0 Å². The van der Waals surface area contributed by atoms with Crippen molar-refractivity contribution in [1.29, 1.82) is 0 Å². The SMILES string of the molecule is C=CCCC(NC(=O)CC(NC(C)=O)c1cccs1)C(=O)O. The van der Waals surface area contributed by atoms with Crippen LogP contribution in [0.15, 0.2) is 30.2 Å². The molecule has 0 bridgehead atoms. The molecule has 2 unspecified atom stereocenters. The topological polar surface area (TPSA) is 95.5 Å². The molecule has 120 valence electrons. The van der Waals surface area contributed by atoms with Crippen LogP contribution in [0.1, 0.15) is 37.1 Å². The monoisotopic (exact) mass is 324 g/mol. The Morgan fingerprint density at radius 2 is 2.14 bits per heavy atom. The van der Waals surface area contributed by atoms with Crippen LogP contribution in [0.4, 0.5) is 0 Å². The van der Waals surface area contributed by atoms with Gasteiger partial charge >= 0.3 is 5.97 Å². The Balaban J connectivity index is 2.67. The molecule has 0 spiro atoms. The predicted molar refractivity (Wildman–Crippen MR) is 84.5 cm³/mol. The van der Waals surface area contributed by atoms with E-state index in [0.29, 0.717) is 6.42 Å². The van der Waals surface area contributed by atoms with Gasteiger partial charge in [0, 0.05) is 11.8 Å². The first-order valence-electron chi connectivity index (χ1n) is 6.87. The number of carbonyl (C=O) groups excluding carboxylic acids is 2. The van der Waals surface area contributed by atoms with E-state index in [-0.39, 0.29) is 18.7 Å². The van der Waals surface area contributed by atoms with Crippen LogP contribution in [0.3, 0.4) is 0 Å². The van der Waals surface area contributed by atoms with E-state index >= 15 is 0 Å². The van der Waals surface area contributed by atoms with E-state index in [1.807, 2.05) is 17.5 Å². The van der Waals surface area contributed by atoms with Gasteiger partial charge in [-0.3, -0.25) is 9.59 Å². The number of carboxylic acids is 1. The smallest absolute Gasteiger partial charge is 0.326 e. The molecule has 1 heterocycles. The Bertz CT molecular complexity index is 528. The first-order chi connectivity index (χ1) is 10.4. The summed E-state index contributed by atoms with van der Waals surface area (Å²) in [6, 6.07) is 2.25. The maximum Gasteiger partial charge on any atom is 0.326 e. The van der Waals surface area contributed by atoms with E-state index in [0.717, 1.165) is 4.88 Å². The number of hydrogen-bond acceptors (Lipinski definition) is 4. The minimum Gasteiger partial charge on any atom is -0.480 e. The fourth-order valence-electron chi connectivity index (χ4n) is 1.94. The summed E-state index contributed by atoms with van der Waals surface area (Å²) in [7, 11) is 0. The lowest BCUT2D eigenvalue weighted by Gasteiger charge is -2.18. The summed E-state index contributed by atoms with van der Waals surface area (Å²) in [6.07, 6.45) is 2.39. The summed E-state index contributed by atoms with van der Waals surface area (Å²) >= 11 is 1.43. The number of rotatable bonds is 9. The van der Waals surface area contributed by atoms with Crippen molar-refractivity contribution in [3.05, 3.63) is 35.0 Å². The number of allylic oxidation sites excluding steroid dienone is 1. The molecule has 7 heteroatoms. The Morgan fingerprint density at radius 1 is 1.41 bits per heavy atom. The van der Waals surface area contributed by atoms with Gasteiger partial charge in [-0.2, -0.15) is 0 Å². The molecule has 22 heavy (non-hydrogen) atoms. The molecule has 0 aliphatic carbocycles. The van der Waals surface area contributed by atoms with Gasteiger partial charge in [-0.15, -0.1) is 17.9 Å². The lowest BCUT2D eigenvalue weighted by atomic mass is 10.1. The first-order valence-corrected chi connectivity index (χ1v) is 7.75. The highest BCUT2D eigenvalue weighted by molar-refractivity contribution is 7.10. The number of hydrogen-bond donors (Lipinski definition) is 3. The molecule has 2 amide bonds. The fraction of sp³-hybridized carbons (Fsp3) is 0.400. The third-order valence-electron chi connectivity index (χ3n) is 2.95. The first kappa shape index (κ1) is 17.9. The second-order valence-electron chi connectivity index (χ2n) is 4.80. The zero-order chi connectivity index (χ0) is 16.5. The molecule has 0 saturated carbocycles. The van der Waals surface area contributed by atoms with Crippen molar-refractivity contribution in [3.8, 4) is 0 Å². The molecular formula is C15H20N2O4S. The average Bonchev–Trinajstić information content (AvgIpc) is 2.96. The van der Waals surface area contributed by atoms with Crippen molar-refractivity contribution < 1.29 is 19.5 Å². The maximum absolute atomic E-state index is 12.1. The zero-order valence-corrected chi connectivity index (χ0v) is 13.2. The van der Waals surface area contributed by atoms with E-state index in [4.69, 9.17) is 5.11 Å². The van der Waals surface area contributed by atoms with Gasteiger partial charge in [-0.25, -0.2) is 4.79 Å². The molecule has 0 aliphatic rings. The molecule has 0 aromatic carbocycles. The third-order valence-corrected chi connectivity index (χ3v) is 3.93. The van der Waals surface area contributed by atoms with E-state index in [2.05, 4.69) is 17.2 Å². The molecule has 1 aromatic heterocycles. The van der Waals surface area contributed by atoms with Crippen molar-refractivity contribution in [3.63, 3.8) is 0 Å². The van der Waals surface area contributed by atoms with Crippen LogP contribution in [0, 0.1) is 0 Å². The summed E-state index contributed by atoms with van der Waals surface area (Å²) in [4.78, 5) is 35.3. The van der Waals surface area contributed by atoms with Gasteiger partial charge in [0.1, 0.15) is 6.04 Å². The van der Waals surface area contributed by atoms with Crippen LogP contribution in [0.5, 0.6) is 0 Å². The number of nitrogens with one attached hydrogen (secondary N) is 2. The molecule has 0 fully saturated rings. The van der Waals surface area contributed by atoms with E-state index in [1.54, 1.807) is 6.08 Å². The van der Waals surface area contributed by atoms with Crippen molar-refractivity contribution in [2.75, 3.05) is 0 Å². The predicted octanol–water partition coefficient (Wildman–Crippen LogP) is 1.85. The van der Waals surface area contributed by atoms with Gasteiger partial charge < -0.3 is 15.7 Å². The summed E-state index contributed by atoms with van der Waals surface area (Å²) in [5.41, 5.74) is 0. The minimum absolute atomic E-state index is 0.00202. The Labute approximate surface area is 133 Å². The van der Waals surface area contributed by atoms with Gasteiger partial charge in [0.2, 0.25) is 11.8 Å². The van der Waals surface area contributed by atoms with Crippen molar-refractivity contribution in [1.82, 2.24) is 10.6 Å². The number of thiophene rings is 1. The molecule has 2 atom stereocenters. The molecule has 3 N–H and O–H groups in total. The van der Waals surface area contributed by atoms with Crippen molar-refractivity contribution in [2.45, 2.75) is 38.3 Å². The summed E-state index contributed by atoms with van der Waals surface area (Å²) < 4.78 is 0. The van der Waals surface area contributed by atoms with E-state index in [9.17, 15) is 14.4 Å². The molecule has 0 saturated heterocycles. The summed E-state index contributed by atoms with van der Waals surface area (Å²) in [5.74, 6) is -1.74. The number of carboxylic acid groups (broad SMARTS) is 1. The van der Waals surface area contributed by atoms with Crippen molar-refractivity contribution in [2.24, 2.45) is 0 Å². The lowest BCUT2D eigenvalue weighted by molar-refractivity contribution is -0.142. The number of carbonyl (C=O) groups is 3. The molecular weight excluding hydrogens is 304 g/mol. The summed E-state index contributed by atoms with van der Waals surface area (Å²) in [6.45, 7) is 4.91. The Hall–Kier alpha value is -2.15. The standard InChI is InChI=1S/C15H20N2O4S/c1-3-4-6-11(15(20)21)17-14(19)9-12(16-10(2)18)13-7-5-8-22-13/h3,5,7-8,11-12H,1,4,6,9H2,2H3,(H,16,18)(H,17,19)(H,20,21). The number of amides is 2. The average molecular weight is 324 g/mol. The molecule has 0 radical (unpaired) electrons. The third kappa shape index (κ3) is 6.09. The highest BCUT2D eigenvalue weighted by atomic mass is 32.1. The molecule has 6 nitrogen and oxygen atoms in total. The second kappa shape index (κ2) is 8.99. The molecule has 1 aromatic rings. The maximum atomic E-state index is 12.1. The van der Waals surface area contributed by atoms with Gasteiger partial charge in [0.25, 0.3) is 0 Å². The van der Waals surface area contributed by atoms with Crippen LogP contribution in [0.2, 0.25) is 0 Å². The Morgan fingerprint density at radius 3 is 2.64 bits per heavy atom. The largest absolute Gasteiger partial charge is 0.480 e.